The second-order valence-electron chi connectivity index (χ2n) is 7.64. The summed E-state index contributed by atoms with van der Waals surface area (Å²) in [6.07, 6.45) is 0.832. The van der Waals surface area contributed by atoms with E-state index in [0.717, 1.165) is 29.0 Å². The number of fused-ring (bicyclic) bond motifs is 1. The molecule has 3 aromatic rings. The summed E-state index contributed by atoms with van der Waals surface area (Å²) in [4.78, 5) is 14.0. The largest absolute Gasteiger partial charge is 0.493 e. The van der Waals surface area contributed by atoms with Gasteiger partial charge in [-0.3, -0.25) is 4.79 Å². The predicted octanol–water partition coefficient (Wildman–Crippen LogP) is 3.01. The molecule has 160 valence electrons. The summed E-state index contributed by atoms with van der Waals surface area (Å²) in [5.74, 6) is 0.959. The maximum Gasteiger partial charge on any atom is 0.279 e. The van der Waals surface area contributed by atoms with E-state index in [4.69, 9.17) is 9.47 Å². The highest BCUT2D eigenvalue weighted by Gasteiger charge is 2.35. The lowest BCUT2D eigenvalue weighted by Crippen LogP contribution is -3.14. The smallest absolute Gasteiger partial charge is 0.279 e. The fraction of sp³-hybridized carbons (Fsp3) is 0.240. The quantitative estimate of drug-likeness (QED) is 0.643. The number of hydrogen-bond acceptors (Lipinski definition) is 3. The Hall–Kier alpha value is -3.38. The van der Waals surface area contributed by atoms with Gasteiger partial charge in [0.15, 0.2) is 18.0 Å². The number of anilines is 1. The van der Waals surface area contributed by atoms with Crippen LogP contribution in [0.2, 0.25) is 0 Å². The first-order valence-corrected chi connectivity index (χ1v) is 10.3. The Labute approximate surface area is 181 Å². The second kappa shape index (κ2) is 9.18. The number of methoxy groups -OCH3 is 2. The average Bonchev–Trinajstić information content (AvgIpc) is 2.80. The zero-order chi connectivity index (χ0) is 21.8. The van der Waals surface area contributed by atoms with Crippen molar-refractivity contribution in [3.63, 3.8) is 0 Å². The summed E-state index contributed by atoms with van der Waals surface area (Å²) < 4.78 is 24.2. The van der Waals surface area contributed by atoms with Gasteiger partial charge >= 0.3 is 0 Å². The molecule has 5 nitrogen and oxygen atoms in total. The van der Waals surface area contributed by atoms with Crippen LogP contribution >= 0.6 is 0 Å². The first-order chi connectivity index (χ1) is 15.1. The van der Waals surface area contributed by atoms with Gasteiger partial charge in [0.2, 0.25) is 0 Å². The first kappa shape index (κ1) is 20.9. The molecule has 0 aliphatic carbocycles. The van der Waals surface area contributed by atoms with Crippen molar-refractivity contribution < 1.29 is 23.6 Å². The Balaban J connectivity index is 1.64. The molecule has 0 saturated carbocycles. The van der Waals surface area contributed by atoms with Gasteiger partial charge in [-0.1, -0.05) is 30.3 Å². The highest BCUT2D eigenvalue weighted by Crippen LogP contribution is 2.36. The Kier molecular flexibility index (Phi) is 6.18. The highest BCUT2D eigenvalue weighted by atomic mass is 19.1. The molecule has 1 amide bonds. The number of carbonyl (C=O) groups is 1. The molecule has 0 radical (unpaired) electrons. The number of quaternary nitrogens is 1. The van der Waals surface area contributed by atoms with Crippen molar-refractivity contribution in [1.82, 2.24) is 0 Å². The Morgan fingerprint density at radius 1 is 1.03 bits per heavy atom. The van der Waals surface area contributed by atoms with Crippen LogP contribution in [0.5, 0.6) is 11.5 Å². The van der Waals surface area contributed by atoms with Crippen molar-refractivity contribution in [2.75, 3.05) is 32.6 Å². The van der Waals surface area contributed by atoms with Gasteiger partial charge in [0.05, 0.1) is 20.8 Å². The van der Waals surface area contributed by atoms with Crippen LogP contribution in [0.25, 0.3) is 0 Å². The lowest BCUT2D eigenvalue weighted by atomic mass is 9.87. The molecule has 2 atom stereocenters. The third-order valence-electron chi connectivity index (χ3n) is 5.73. The molecule has 31 heavy (non-hydrogen) atoms. The number of carbonyl (C=O) groups excluding carboxylic acids is 1. The molecule has 0 aromatic heterocycles. The molecule has 0 bridgehead atoms. The standard InChI is InChI=1S/C25H25FN2O3/c1-30-22-14-18-12-13-28(16-24(29)27-20-10-8-19(26)9-11-20)25(17-6-4-3-5-7-17)21(18)15-23(22)31-2/h3-11,14-15,25H,12-13,16H2,1-2H3,(H,27,29)/p+1/t25-/m0/s1. The summed E-state index contributed by atoms with van der Waals surface area (Å²) in [7, 11) is 3.27. The Morgan fingerprint density at radius 2 is 1.71 bits per heavy atom. The van der Waals surface area contributed by atoms with E-state index in [1.807, 2.05) is 30.3 Å². The minimum absolute atomic E-state index is 0.0104. The second-order valence-corrected chi connectivity index (χ2v) is 7.64. The number of hydrogen-bond donors (Lipinski definition) is 2. The van der Waals surface area contributed by atoms with Gasteiger partial charge in [0.25, 0.3) is 5.91 Å². The van der Waals surface area contributed by atoms with E-state index >= 15 is 0 Å². The van der Waals surface area contributed by atoms with Gasteiger partial charge in [0, 0.05) is 23.2 Å². The lowest BCUT2D eigenvalue weighted by molar-refractivity contribution is -0.919. The van der Waals surface area contributed by atoms with Crippen LogP contribution < -0.4 is 19.7 Å². The van der Waals surface area contributed by atoms with E-state index in [-0.39, 0.29) is 17.8 Å². The molecule has 1 aliphatic heterocycles. The monoisotopic (exact) mass is 421 g/mol. The van der Waals surface area contributed by atoms with Crippen LogP contribution in [0.3, 0.4) is 0 Å². The van der Waals surface area contributed by atoms with Crippen molar-refractivity contribution in [3.05, 3.63) is 89.2 Å². The third-order valence-corrected chi connectivity index (χ3v) is 5.73. The third kappa shape index (κ3) is 4.54. The molecular formula is C25H26FN2O3+. The molecule has 4 rings (SSSR count). The number of nitrogens with one attached hydrogen (secondary N) is 2. The van der Waals surface area contributed by atoms with Crippen molar-refractivity contribution in [1.29, 1.82) is 0 Å². The van der Waals surface area contributed by atoms with Gasteiger partial charge in [-0.15, -0.1) is 0 Å². The number of rotatable bonds is 6. The molecule has 2 N–H and O–H groups in total. The minimum Gasteiger partial charge on any atom is -0.493 e. The average molecular weight is 421 g/mol. The number of benzene rings is 3. The van der Waals surface area contributed by atoms with Crippen molar-refractivity contribution in [2.24, 2.45) is 0 Å². The normalized spacial score (nSPS) is 17.5. The fourth-order valence-electron chi connectivity index (χ4n) is 4.28. The van der Waals surface area contributed by atoms with Crippen LogP contribution in [-0.2, 0) is 11.2 Å². The predicted molar refractivity (Wildman–Crippen MR) is 117 cm³/mol. The number of amides is 1. The van der Waals surface area contributed by atoms with Crippen LogP contribution in [0, 0.1) is 5.82 Å². The minimum atomic E-state index is -0.329. The molecule has 3 aromatic carbocycles. The summed E-state index contributed by atoms with van der Waals surface area (Å²) in [5, 5.41) is 2.88. The zero-order valence-corrected chi connectivity index (χ0v) is 17.7. The molecule has 1 unspecified atom stereocenters. The molecule has 0 spiro atoms. The van der Waals surface area contributed by atoms with E-state index in [2.05, 4.69) is 17.4 Å². The highest BCUT2D eigenvalue weighted by molar-refractivity contribution is 5.91. The molecule has 1 aliphatic rings. The number of ether oxygens (including phenoxy) is 2. The van der Waals surface area contributed by atoms with Gasteiger partial charge in [-0.2, -0.15) is 0 Å². The summed E-state index contributed by atoms with van der Waals surface area (Å²) in [6.45, 7) is 1.10. The van der Waals surface area contributed by atoms with Crippen molar-refractivity contribution >= 4 is 11.6 Å². The van der Waals surface area contributed by atoms with Crippen molar-refractivity contribution in [3.8, 4) is 11.5 Å². The van der Waals surface area contributed by atoms with Crippen molar-refractivity contribution in [2.45, 2.75) is 12.5 Å². The van der Waals surface area contributed by atoms with E-state index in [0.29, 0.717) is 23.7 Å². The Bertz CT molecular complexity index is 1050. The summed E-state index contributed by atoms with van der Waals surface area (Å²) in [5.41, 5.74) is 4.07. The molecule has 6 heteroatoms. The first-order valence-electron chi connectivity index (χ1n) is 10.3. The lowest BCUT2D eigenvalue weighted by Gasteiger charge is -2.34. The van der Waals surface area contributed by atoms with Crippen LogP contribution in [0.1, 0.15) is 22.7 Å². The summed E-state index contributed by atoms with van der Waals surface area (Å²) >= 11 is 0. The van der Waals surface area contributed by atoms with Crippen LogP contribution in [0.4, 0.5) is 10.1 Å². The SMILES string of the molecule is COc1cc2c(cc1OC)[C@H](c1ccccc1)[NH+](CC(=O)Nc1ccc(F)cc1)CC2. The van der Waals surface area contributed by atoms with Crippen LogP contribution in [0.15, 0.2) is 66.7 Å². The van der Waals surface area contributed by atoms with Crippen LogP contribution in [-0.4, -0.2) is 33.2 Å². The molecule has 0 saturated heterocycles. The molecule has 1 heterocycles. The maximum atomic E-state index is 13.2. The molecular weight excluding hydrogens is 395 g/mol. The number of halogens is 1. The van der Waals surface area contributed by atoms with Gasteiger partial charge in [-0.25, -0.2) is 4.39 Å². The van der Waals surface area contributed by atoms with E-state index < -0.39 is 0 Å². The van der Waals surface area contributed by atoms with E-state index in [9.17, 15) is 9.18 Å². The fourth-order valence-corrected chi connectivity index (χ4v) is 4.28. The van der Waals surface area contributed by atoms with Gasteiger partial charge in [-0.05, 0) is 42.0 Å². The van der Waals surface area contributed by atoms with Gasteiger partial charge < -0.3 is 19.7 Å². The zero-order valence-electron chi connectivity index (χ0n) is 17.7. The van der Waals surface area contributed by atoms with E-state index in [1.54, 1.807) is 26.4 Å². The molecule has 0 fully saturated rings. The summed E-state index contributed by atoms with van der Waals surface area (Å²) in [6, 6.07) is 20.1. The van der Waals surface area contributed by atoms with Gasteiger partial charge in [0.1, 0.15) is 11.9 Å². The Morgan fingerprint density at radius 3 is 2.39 bits per heavy atom. The maximum absolute atomic E-state index is 13.2. The van der Waals surface area contributed by atoms with E-state index in [1.165, 1.54) is 17.7 Å². The topological polar surface area (TPSA) is 52.0 Å².